The zero-order valence-electron chi connectivity index (χ0n) is 15.8. The predicted octanol–water partition coefficient (Wildman–Crippen LogP) is 2.93. The van der Waals surface area contributed by atoms with E-state index in [1.165, 1.54) is 15.0 Å². The summed E-state index contributed by atoms with van der Waals surface area (Å²) >= 11 is 0. The predicted molar refractivity (Wildman–Crippen MR) is 104 cm³/mol. The minimum absolute atomic E-state index is 0.140. The Labute approximate surface area is 158 Å². The van der Waals surface area contributed by atoms with Crippen molar-refractivity contribution in [1.82, 2.24) is 4.90 Å². The first-order valence-electron chi connectivity index (χ1n) is 9.16. The molecule has 1 atom stereocenters. The van der Waals surface area contributed by atoms with E-state index >= 15 is 0 Å². The summed E-state index contributed by atoms with van der Waals surface area (Å²) < 4.78 is 1.38. The molecule has 6 heteroatoms. The molecule has 0 radical (unpaired) electrons. The van der Waals surface area contributed by atoms with E-state index in [2.05, 4.69) is 19.2 Å². The lowest BCUT2D eigenvalue weighted by molar-refractivity contribution is -0.427. The standard InChI is InChI=1S/C21H23N3O3/c1-4-23-20(26)17-7-5-6-8-18(17)24(21(23)27)13-19(25)22-16-11-9-15(10-12-16)14(2)3/h5-12,14,17H,4,13H2,1-3H3/p+1. The second-order valence-electron chi connectivity index (χ2n) is 6.92. The molecule has 0 bridgehead atoms. The van der Waals surface area contributed by atoms with Crippen molar-refractivity contribution in [2.45, 2.75) is 26.7 Å². The van der Waals surface area contributed by atoms with Gasteiger partial charge in [-0.05, 0) is 36.6 Å². The van der Waals surface area contributed by atoms with Crippen molar-refractivity contribution >= 4 is 29.2 Å². The summed E-state index contributed by atoms with van der Waals surface area (Å²) in [7, 11) is 0. The first-order valence-corrected chi connectivity index (χ1v) is 9.16. The van der Waals surface area contributed by atoms with E-state index in [1.54, 1.807) is 31.2 Å². The van der Waals surface area contributed by atoms with Crippen LogP contribution in [0.5, 0.6) is 0 Å². The van der Waals surface area contributed by atoms with Gasteiger partial charge in [0.25, 0.3) is 5.91 Å². The number of hydrogen-bond acceptors (Lipinski definition) is 3. The van der Waals surface area contributed by atoms with Gasteiger partial charge in [0.15, 0.2) is 6.54 Å². The lowest BCUT2D eigenvalue weighted by Crippen LogP contribution is -2.55. The van der Waals surface area contributed by atoms with Gasteiger partial charge in [0, 0.05) is 5.69 Å². The summed E-state index contributed by atoms with van der Waals surface area (Å²) in [5.41, 5.74) is 2.41. The van der Waals surface area contributed by atoms with Crippen molar-refractivity contribution in [3.05, 3.63) is 54.1 Å². The third-order valence-corrected chi connectivity index (χ3v) is 4.78. The summed E-state index contributed by atoms with van der Waals surface area (Å²) in [5.74, 6) is -0.664. The maximum Gasteiger partial charge on any atom is 0.501 e. The van der Waals surface area contributed by atoms with E-state index in [0.29, 0.717) is 17.3 Å². The van der Waals surface area contributed by atoms with Crippen LogP contribution in [0.1, 0.15) is 32.3 Å². The van der Waals surface area contributed by atoms with Crippen LogP contribution < -0.4 is 5.32 Å². The molecule has 6 nitrogen and oxygen atoms in total. The van der Waals surface area contributed by atoms with Crippen LogP contribution in [-0.4, -0.2) is 46.1 Å². The molecule has 0 fully saturated rings. The lowest BCUT2D eigenvalue weighted by Gasteiger charge is -2.25. The van der Waals surface area contributed by atoms with Crippen molar-refractivity contribution in [1.29, 1.82) is 0 Å². The summed E-state index contributed by atoms with van der Waals surface area (Å²) in [6, 6.07) is 7.20. The van der Waals surface area contributed by atoms with Gasteiger partial charge in [-0.25, -0.2) is 4.79 Å². The third kappa shape index (κ3) is 3.74. The van der Waals surface area contributed by atoms with E-state index in [-0.39, 0.29) is 24.9 Å². The lowest BCUT2D eigenvalue weighted by atomic mass is 9.94. The minimum atomic E-state index is -0.522. The monoisotopic (exact) mass is 366 g/mol. The quantitative estimate of drug-likeness (QED) is 0.815. The van der Waals surface area contributed by atoms with Gasteiger partial charge in [-0.15, -0.1) is 0 Å². The molecular weight excluding hydrogens is 342 g/mol. The van der Waals surface area contributed by atoms with Crippen LogP contribution in [0.3, 0.4) is 0 Å². The number of allylic oxidation sites excluding steroid dienone is 3. The number of nitrogens with one attached hydrogen (secondary N) is 1. The van der Waals surface area contributed by atoms with Gasteiger partial charge < -0.3 is 5.32 Å². The van der Waals surface area contributed by atoms with Crippen LogP contribution in [-0.2, 0) is 9.59 Å². The number of nitrogens with zero attached hydrogens (tertiary/aromatic N) is 2. The van der Waals surface area contributed by atoms with Gasteiger partial charge in [0.2, 0.25) is 0 Å². The Morgan fingerprint density at radius 3 is 2.52 bits per heavy atom. The van der Waals surface area contributed by atoms with E-state index in [4.69, 9.17) is 0 Å². The molecule has 1 aliphatic heterocycles. The van der Waals surface area contributed by atoms with Crippen LogP contribution in [0.4, 0.5) is 10.5 Å². The second-order valence-corrected chi connectivity index (χ2v) is 6.92. The van der Waals surface area contributed by atoms with E-state index < -0.39 is 11.9 Å². The average Bonchev–Trinajstić information content (AvgIpc) is 2.66. The molecule has 0 saturated heterocycles. The summed E-state index contributed by atoms with van der Waals surface area (Å²) in [6.45, 7) is 6.09. The Kier molecular flexibility index (Phi) is 5.35. The number of rotatable bonds is 5. The molecule has 0 saturated carbocycles. The first kappa shape index (κ1) is 18.8. The van der Waals surface area contributed by atoms with Gasteiger partial charge in [0.1, 0.15) is 11.6 Å². The Hall–Kier alpha value is -3.02. The highest BCUT2D eigenvalue weighted by Crippen LogP contribution is 2.20. The van der Waals surface area contributed by atoms with Crippen LogP contribution in [0.2, 0.25) is 0 Å². The average molecular weight is 366 g/mol. The van der Waals surface area contributed by atoms with Crippen LogP contribution in [0.25, 0.3) is 0 Å². The number of urea groups is 1. The van der Waals surface area contributed by atoms with Crippen molar-refractivity contribution < 1.29 is 19.0 Å². The number of carbonyl (C=O) groups is 3. The van der Waals surface area contributed by atoms with Crippen molar-refractivity contribution in [2.24, 2.45) is 5.92 Å². The smallest absolute Gasteiger partial charge is 0.323 e. The number of imide groups is 1. The van der Waals surface area contributed by atoms with Crippen LogP contribution in [0.15, 0.2) is 48.6 Å². The Balaban J connectivity index is 1.81. The highest BCUT2D eigenvalue weighted by Gasteiger charge is 2.46. The minimum Gasteiger partial charge on any atom is -0.323 e. The molecule has 4 amide bonds. The van der Waals surface area contributed by atoms with Crippen LogP contribution in [0, 0.1) is 5.92 Å². The number of benzene rings is 1. The molecule has 1 aromatic rings. The molecule has 1 unspecified atom stereocenters. The Morgan fingerprint density at radius 1 is 1.19 bits per heavy atom. The van der Waals surface area contributed by atoms with Crippen molar-refractivity contribution in [2.75, 3.05) is 18.4 Å². The van der Waals surface area contributed by atoms with E-state index in [1.807, 2.05) is 24.3 Å². The molecular formula is C21H24N3O3+. The fraction of sp³-hybridized carbons (Fsp3) is 0.333. The third-order valence-electron chi connectivity index (χ3n) is 4.78. The summed E-state index contributed by atoms with van der Waals surface area (Å²) in [6.07, 6.45) is 7.02. The molecule has 0 spiro atoms. The summed E-state index contributed by atoms with van der Waals surface area (Å²) in [4.78, 5) is 38.9. The second kappa shape index (κ2) is 7.70. The molecule has 1 N–H and O–H groups in total. The topological polar surface area (TPSA) is 69.5 Å². The van der Waals surface area contributed by atoms with Crippen molar-refractivity contribution in [3.63, 3.8) is 0 Å². The maximum atomic E-state index is 12.7. The SMILES string of the molecule is CCN1C(=O)C2C=CC=CC2=[N+](CC(=O)Nc2ccc(C(C)C)cc2)C1=O. The normalized spacial score (nSPS) is 19.0. The molecule has 3 rings (SSSR count). The molecule has 2 aliphatic rings. The molecule has 0 aromatic heterocycles. The number of fused-ring (bicyclic) bond motifs is 1. The zero-order valence-corrected chi connectivity index (χ0v) is 15.8. The molecule has 1 aromatic carbocycles. The Morgan fingerprint density at radius 2 is 1.89 bits per heavy atom. The number of anilines is 1. The van der Waals surface area contributed by atoms with E-state index in [9.17, 15) is 14.4 Å². The molecule has 140 valence electrons. The highest BCUT2D eigenvalue weighted by atomic mass is 16.2. The number of amides is 4. The fourth-order valence-electron chi connectivity index (χ4n) is 3.26. The van der Waals surface area contributed by atoms with Crippen molar-refractivity contribution in [3.8, 4) is 0 Å². The van der Waals surface area contributed by atoms with Gasteiger partial charge in [-0.2, -0.15) is 14.3 Å². The first-order chi connectivity index (χ1) is 12.9. The largest absolute Gasteiger partial charge is 0.501 e. The Bertz CT molecular complexity index is 863. The van der Waals surface area contributed by atoms with E-state index in [0.717, 1.165) is 0 Å². The molecule has 1 heterocycles. The molecule has 27 heavy (non-hydrogen) atoms. The van der Waals surface area contributed by atoms with Gasteiger partial charge >= 0.3 is 11.9 Å². The van der Waals surface area contributed by atoms with Gasteiger partial charge in [-0.1, -0.05) is 44.2 Å². The number of hydrogen-bond donors (Lipinski definition) is 1. The maximum absolute atomic E-state index is 12.7. The highest BCUT2D eigenvalue weighted by molar-refractivity contribution is 6.17. The van der Waals surface area contributed by atoms with Gasteiger partial charge in [-0.3, -0.25) is 4.79 Å². The summed E-state index contributed by atoms with van der Waals surface area (Å²) in [5, 5.41) is 2.82. The number of carbonyl (C=O) groups excluding carboxylic acids is 3. The fourth-order valence-corrected chi connectivity index (χ4v) is 3.26. The van der Waals surface area contributed by atoms with Crippen LogP contribution >= 0.6 is 0 Å². The molecule has 1 aliphatic carbocycles. The van der Waals surface area contributed by atoms with Gasteiger partial charge in [0.05, 0.1) is 6.54 Å². The zero-order chi connectivity index (χ0) is 19.6.